The van der Waals surface area contributed by atoms with Crippen molar-refractivity contribution in [3.8, 4) is 22.4 Å². The standard InChI is InChI=1S/C23H21ClN4/c1-25-16-22(18-7-9-20(24)10-8-18)28-23(19-5-3-2-4-6-19)21(15-27-28)17-11-13-26-14-12-17/h2-15,22,25H,16H2,1H3. The Morgan fingerprint density at radius 2 is 1.64 bits per heavy atom. The van der Waals surface area contributed by atoms with E-state index in [1.54, 1.807) is 0 Å². The van der Waals surface area contributed by atoms with Crippen LogP contribution in [0.25, 0.3) is 22.4 Å². The molecule has 0 fully saturated rings. The van der Waals surface area contributed by atoms with Gasteiger partial charge in [0.05, 0.1) is 17.9 Å². The van der Waals surface area contributed by atoms with Crippen LogP contribution in [0.15, 0.2) is 85.3 Å². The molecule has 5 heteroatoms. The van der Waals surface area contributed by atoms with E-state index >= 15 is 0 Å². The Morgan fingerprint density at radius 1 is 0.929 bits per heavy atom. The summed E-state index contributed by atoms with van der Waals surface area (Å²) in [7, 11) is 1.96. The second kappa shape index (κ2) is 8.38. The first-order valence-electron chi connectivity index (χ1n) is 9.21. The maximum absolute atomic E-state index is 6.11. The Labute approximate surface area is 169 Å². The van der Waals surface area contributed by atoms with Crippen molar-refractivity contribution in [3.05, 3.63) is 95.9 Å². The van der Waals surface area contributed by atoms with Gasteiger partial charge in [-0.05, 0) is 42.4 Å². The molecule has 0 aliphatic rings. The van der Waals surface area contributed by atoms with Crippen LogP contribution < -0.4 is 5.32 Å². The Kier molecular flexibility index (Phi) is 5.51. The zero-order chi connectivity index (χ0) is 19.3. The lowest BCUT2D eigenvalue weighted by Gasteiger charge is -2.21. The molecular formula is C23H21ClN4. The summed E-state index contributed by atoms with van der Waals surface area (Å²) in [5.41, 5.74) is 5.55. The van der Waals surface area contributed by atoms with Gasteiger partial charge in [0.15, 0.2) is 0 Å². The maximum atomic E-state index is 6.11. The average molecular weight is 389 g/mol. The number of hydrogen-bond donors (Lipinski definition) is 1. The predicted octanol–water partition coefficient (Wildman–Crippen LogP) is 5.07. The van der Waals surface area contributed by atoms with Gasteiger partial charge in [0.2, 0.25) is 0 Å². The minimum atomic E-state index is 0.0352. The van der Waals surface area contributed by atoms with Crippen LogP contribution >= 0.6 is 11.6 Å². The van der Waals surface area contributed by atoms with Gasteiger partial charge in [-0.3, -0.25) is 9.67 Å². The molecule has 2 heterocycles. The average Bonchev–Trinajstić information content (AvgIpc) is 3.19. The third-order valence-corrected chi connectivity index (χ3v) is 5.03. The summed E-state index contributed by atoms with van der Waals surface area (Å²) < 4.78 is 2.10. The molecule has 0 bridgehead atoms. The predicted molar refractivity (Wildman–Crippen MR) is 114 cm³/mol. The number of halogens is 1. The summed E-state index contributed by atoms with van der Waals surface area (Å²) in [6, 6.07) is 22.4. The second-order valence-electron chi connectivity index (χ2n) is 6.58. The van der Waals surface area contributed by atoms with E-state index in [0.29, 0.717) is 0 Å². The van der Waals surface area contributed by atoms with Gasteiger partial charge in [0.25, 0.3) is 0 Å². The lowest BCUT2D eigenvalue weighted by atomic mass is 10.0. The van der Waals surface area contributed by atoms with Gasteiger partial charge in [-0.25, -0.2) is 0 Å². The Bertz CT molecular complexity index is 1030. The van der Waals surface area contributed by atoms with Crippen molar-refractivity contribution in [2.45, 2.75) is 6.04 Å². The van der Waals surface area contributed by atoms with E-state index in [9.17, 15) is 0 Å². The smallest absolute Gasteiger partial charge is 0.0900 e. The summed E-state index contributed by atoms with van der Waals surface area (Å²) >= 11 is 6.11. The van der Waals surface area contributed by atoms with Crippen molar-refractivity contribution < 1.29 is 0 Å². The summed E-state index contributed by atoms with van der Waals surface area (Å²) in [6.45, 7) is 0.749. The van der Waals surface area contributed by atoms with E-state index in [0.717, 1.165) is 39.5 Å². The van der Waals surface area contributed by atoms with Crippen LogP contribution in [0.1, 0.15) is 11.6 Å². The molecule has 4 rings (SSSR count). The topological polar surface area (TPSA) is 42.7 Å². The highest BCUT2D eigenvalue weighted by Crippen LogP contribution is 2.35. The van der Waals surface area contributed by atoms with Gasteiger partial charge in [0, 0.05) is 35.1 Å². The molecule has 1 atom stereocenters. The molecule has 4 nitrogen and oxygen atoms in total. The fraction of sp³-hybridized carbons (Fsp3) is 0.130. The lowest BCUT2D eigenvalue weighted by molar-refractivity contribution is 0.505. The summed E-state index contributed by atoms with van der Waals surface area (Å²) in [4.78, 5) is 4.15. The number of hydrogen-bond acceptors (Lipinski definition) is 3. The van der Waals surface area contributed by atoms with Gasteiger partial charge in [-0.15, -0.1) is 0 Å². The fourth-order valence-corrected chi connectivity index (χ4v) is 3.57. The van der Waals surface area contributed by atoms with E-state index in [-0.39, 0.29) is 6.04 Å². The van der Waals surface area contributed by atoms with E-state index in [4.69, 9.17) is 16.7 Å². The molecule has 0 amide bonds. The monoisotopic (exact) mass is 388 g/mol. The van der Waals surface area contributed by atoms with Crippen LogP contribution in [0.4, 0.5) is 0 Å². The largest absolute Gasteiger partial charge is 0.317 e. The molecule has 0 aliphatic carbocycles. The molecule has 140 valence electrons. The Morgan fingerprint density at radius 3 is 2.32 bits per heavy atom. The van der Waals surface area contributed by atoms with Gasteiger partial charge in [-0.2, -0.15) is 5.10 Å². The van der Waals surface area contributed by atoms with Crippen LogP contribution in [0, 0.1) is 0 Å². The molecule has 28 heavy (non-hydrogen) atoms. The molecule has 1 N–H and O–H groups in total. The highest BCUT2D eigenvalue weighted by Gasteiger charge is 2.22. The van der Waals surface area contributed by atoms with Gasteiger partial charge >= 0.3 is 0 Å². The normalized spacial score (nSPS) is 12.1. The van der Waals surface area contributed by atoms with Crippen LogP contribution in [-0.2, 0) is 0 Å². The minimum absolute atomic E-state index is 0.0352. The molecule has 0 spiro atoms. The third kappa shape index (κ3) is 3.70. The first-order chi connectivity index (χ1) is 13.8. The molecule has 2 aromatic heterocycles. The van der Waals surface area contributed by atoms with Crippen LogP contribution in [0.3, 0.4) is 0 Å². The molecule has 0 radical (unpaired) electrons. The molecular weight excluding hydrogens is 368 g/mol. The zero-order valence-corrected chi connectivity index (χ0v) is 16.3. The number of nitrogens with zero attached hydrogens (tertiary/aromatic N) is 3. The molecule has 2 aromatic carbocycles. The third-order valence-electron chi connectivity index (χ3n) is 4.78. The quantitative estimate of drug-likeness (QED) is 0.501. The number of aromatic nitrogens is 3. The van der Waals surface area contributed by atoms with Crippen molar-refractivity contribution >= 4 is 11.6 Å². The second-order valence-corrected chi connectivity index (χ2v) is 7.01. The molecule has 4 aromatic rings. The van der Waals surface area contributed by atoms with Crippen molar-refractivity contribution in [1.29, 1.82) is 0 Å². The Hall–Kier alpha value is -2.95. The highest BCUT2D eigenvalue weighted by atomic mass is 35.5. The molecule has 1 unspecified atom stereocenters. The van der Waals surface area contributed by atoms with Gasteiger partial charge < -0.3 is 5.32 Å². The van der Waals surface area contributed by atoms with Crippen LogP contribution in [0.5, 0.6) is 0 Å². The van der Waals surface area contributed by atoms with Crippen molar-refractivity contribution in [1.82, 2.24) is 20.1 Å². The minimum Gasteiger partial charge on any atom is -0.317 e. The maximum Gasteiger partial charge on any atom is 0.0900 e. The number of benzene rings is 2. The number of likely N-dealkylation sites (N-methyl/N-ethyl adjacent to an activating group) is 1. The van der Waals surface area contributed by atoms with Gasteiger partial charge in [-0.1, -0.05) is 54.1 Å². The summed E-state index contributed by atoms with van der Waals surface area (Å²) in [6.07, 6.45) is 5.56. The molecule has 0 saturated carbocycles. The fourth-order valence-electron chi connectivity index (χ4n) is 3.45. The van der Waals surface area contributed by atoms with Gasteiger partial charge in [0.1, 0.15) is 0 Å². The van der Waals surface area contributed by atoms with Crippen molar-refractivity contribution in [2.24, 2.45) is 0 Å². The number of nitrogens with one attached hydrogen (secondary N) is 1. The van der Waals surface area contributed by atoms with E-state index in [2.05, 4.69) is 51.4 Å². The first-order valence-corrected chi connectivity index (χ1v) is 9.59. The number of pyridine rings is 1. The van der Waals surface area contributed by atoms with Crippen molar-refractivity contribution in [3.63, 3.8) is 0 Å². The summed E-state index contributed by atoms with van der Waals surface area (Å²) in [5.74, 6) is 0. The number of rotatable bonds is 6. The van der Waals surface area contributed by atoms with Crippen LogP contribution in [0.2, 0.25) is 5.02 Å². The van der Waals surface area contributed by atoms with E-state index in [1.807, 2.05) is 56.0 Å². The highest BCUT2D eigenvalue weighted by molar-refractivity contribution is 6.30. The van der Waals surface area contributed by atoms with Crippen LogP contribution in [-0.4, -0.2) is 28.4 Å². The lowest BCUT2D eigenvalue weighted by Crippen LogP contribution is -2.25. The molecule has 0 saturated heterocycles. The van der Waals surface area contributed by atoms with Crippen molar-refractivity contribution in [2.75, 3.05) is 13.6 Å². The molecule has 0 aliphatic heterocycles. The Balaban J connectivity index is 1.90. The van der Waals surface area contributed by atoms with E-state index in [1.165, 1.54) is 0 Å². The first kappa shape index (κ1) is 18.4. The zero-order valence-electron chi connectivity index (χ0n) is 15.6. The SMILES string of the molecule is CNCC(c1ccc(Cl)cc1)n1ncc(-c2ccncc2)c1-c1ccccc1. The van der Waals surface area contributed by atoms with E-state index < -0.39 is 0 Å². The summed E-state index contributed by atoms with van der Waals surface area (Å²) in [5, 5.41) is 8.84.